The molecular weight excluding hydrogens is 376 g/mol. The molecule has 0 unspecified atom stereocenters. The summed E-state index contributed by atoms with van der Waals surface area (Å²) in [6, 6.07) is 0.587. The first-order valence-electron chi connectivity index (χ1n) is 3.11. The van der Waals surface area contributed by atoms with Crippen LogP contribution in [0.5, 0.6) is 0 Å². The maximum absolute atomic E-state index is 5.22. The molecular formula is C5H11Br3O3Si. The molecule has 0 fully saturated rings. The van der Waals surface area contributed by atoms with Gasteiger partial charge in [0.25, 0.3) is 0 Å². The maximum atomic E-state index is 5.22. The minimum atomic E-state index is -2.49. The Bertz CT molecular complexity index is 126. The van der Waals surface area contributed by atoms with E-state index in [0.29, 0.717) is 6.04 Å². The zero-order valence-corrected chi connectivity index (χ0v) is 12.8. The second-order valence-corrected chi connectivity index (χ2v) is 12.3. The molecule has 74 valence electrons. The lowest BCUT2D eigenvalue weighted by atomic mass is 11.0. The minimum Gasteiger partial charge on any atom is -0.377 e. The molecule has 0 saturated carbocycles. The predicted molar refractivity (Wildman–Crippen MR) is 61.1 cm³/mol. The summed E-state index contributed by atoms with van der Waals surface area (Å²) in [4.78, 5) is 0. The summed E-state index contributed by atoms with van der Waals surface area (Å²) in [6.45, 7) is 0. The van der Waals surface area contributed by atoms with Gasteiger partial charge >= 0.3 is 8.80 Å². The van der Waals surface area contributed by atoms with Gasteiger partial charge in [-0.15, -0.1) is 0 Å². The fourth-order valence-electron chi connectivity index (χ4n) is 0.712. The summed E-state index contributed by atoms with van der Waals surface area (Å²) in [6.07, 6.45) is 0. The van der Waals surface area contributed by atoms with Crippen molar-refractivity contribution in [1.29, 1.82) is 0 Å². The Kier molecular flexibility index (Phi) is 6.12. The third-order valence-electron chi connectivity index (χ3n) is 1.35. The van der Waals surface area contributed by atoms with E-state index in [1.807, 2.05) is 0 Å². The molecule has 0 aromatic carbocycles. The Morgan fingerprint density at radius 1 is 1.00 bits per heavy atom. The smallest absolute Gasteiger partial charge is 0.377 e. The lowest BCUT2D eigenvalue weighted by Crippen LogP contribution is -2.45. The average Bonchev–Trinajstić information content (AvgIpc) is 1.99. The van der Waals surface area contributed by atoms with E-state index in [-0.39, 0.29) is 2.14 Å². The van der Waals surface area contributed by atoms with Crippen LogP contribution in [0.15, 0.2) is 0 Å². The molecule has 0 aliphatic heterocycles. The SMILES string of the molecule is CO[Si](CC(Br)(Br)Br)(OC)OC. The number of hydrogen-bond donors (Lipinski definition) is 0. The second kappa shape index (κ2) is 5.43. The molecule has 3 nitrogen and oxygen atoms in total. The largest absolute Gasteiger partial charge is 0.503 e. The molecule has 0 heterocycles. The third-order valence-corrected chi connectivity index (χ3v) is 6.57. The molecule has 0 spiro atoms. The summed E-state index contributed by atoms with van der Waals surface area (Å²) in [5.74, 6) is 0. The van der Waals surface area contributed by atoms with Gasteiger partial charge in [-0.3, -0.25) is 0 Å². The highest BCUT2D eigenvalue weighted by Gasteiger charge is 2.44. The molecule has 0 atom stereocenters. The Labute approximate surface area is 98.9 Å². The van der Waals surface area contributed by atoms with E-state index in [9.17, 15) is 0 Å². The van der Waals surface area contributed by atoms with E-state index in [0.717, 1.165) is 0 Å². The first-order valence-corrected chi connectivity index (χ1v) is 7.42. The molecule has 7 heteroatoms. The first kappa shape index (κ1) is 13.5. The zero-order chi connectivity index (χ0) is 9.83. The van der Waals surface area contributed by atoms with Crippen LogP contribution in [-0.4, -0.2) is 32.3 Å². The highest BCUT2D eigenvalue weighted by atomic mass is 80.0. The van der Waals surface area contributed by atoms with Crippen LogP contribution in [0.2, 0.25) is 6.04 Å². The van der Waals surface area contributed by atoms with Gasteiger partial charge in [-0.1, -0.05) is 47.8 Å². The van der Waals surface area contributed by atoms with Crippen molar-refractivity contribution in [2.24, 2.45) is 0 Å². The first-order chi connectivity index (χ1) is 5.39. The lowest BCUT2D eigenvalue weighted by Gasteiger charge is -2.27. The van der Waals surface area contributed by atoms with Gasteiger partial charge in [0.2, 0.25) is 0 Å². The summed E-state index contributed by atoms with van der Waals surface area (Å²) >= 11 is 10.1. The van der Waals surface area contributed by atoms with Crippen LogP contribution in [0.25, 0.3) is 0 Å². The summed E-state index contributed by atoms with van der Waals surface area (Å²) in [5.41, 5.74) is 0. The van der Waals surface area contributed by atoms with Crippen molar-refractivity contribution in [2.75, 3.05) is 21.3 Å². The fraction of sp³-hybridized carbons (Fsp3) is 1.00. The Morgan fingerprint density at radius 3 is 1.42 bits per heavy atom. The van der Waals surface area contributed by atoms with Crippen molar-refractivity contribution in [1.82, 2.24) is 0 Å². The highest BCUT2D eigenvalue weighted by molar-refractivity contribution is 9.39. The van der Waals surface area contributed by atoms with Crippen molar-refractivity contribution in [3.63, 3.8) is 0 Å². The third kappa shape index (κ3) is 4.68. The van der Waals surface area contributed by atoms with Gasteiger partial charge in [-0.2, -0.15) is 0 Å². The number of halogens is 3. The van der Waals surface area contributed by atoms with Crippen LogP contribution < -0.4 is 0 Å². The van der Waals surface area contributed by atoms with Crippen LogP contribution in [0.1, 0.15) is 0 Å². The number of rotatable bonds is 4. The Morgan fingerprint density at radius 2 is 1.33 bits per heavy atom. The topological polar surface area (TPSA) is 27.7 Å². The summed E-state index contributed by atoms with van der Waals surface area (Å²) in [5, 5.41) is 0. The molecule has 0 aliphatic carbocycles. The van der Waals surface area contributed by atoms with Gasteiger partial charge in [0.15, 0.2) is 0 Å². The van der Waals surface area contributed by atoms with E-state index in [1.54, 1.807) is 21.3 Å². The van der Waals surface area contributed by atoms with Crippen molar-refractivity contribution in [3.8, 4) is 0 Å². The molecule has 0 aliphatic rings. The van der Waals surface area contributed by atoms with Crippen LogP contribution in [0.4, 0.5) is 0 Å². The van der Waals surface area contributed by atoms with Crippen molar-refractivity contribution in [2.45, 2.75) is 8.19 Å². The van der Waals surface area contributed by atoms with Gasteiger partial charge in [0.1, 0.15) is 2.14 Å². The van der Waals surface area contributed by atoms with E-state index >= 15 is 0 Å². The minimum absolute atomic E-state index is 0.388. The molecule has 0 rings (SSSR count). The average molecular weight is 387 g/mol. The standard InChI is InChI=1S/C5H11Br3O3Si/c1-9-12(10-2,11-3)4-5(6,7)8/h4H2,1-3H3. The lowest BCUT2D eigenvalue weighted by molar-refractivity contribution is 0.125. The van der Waals surface area contributed by atoms with Gasteiger partial charge in [0, 0.05) is 21.3 Å². The van der Waals surface area contributed by atoms with Gasteiger partial charge < -0.3 is 13.3 Å². The van der Waals surface area contributed by atoms with Gasteiger partial charge in [-0.05, 0) is 0 Å². The van der Waals surface area contributed by atoms with Crippen molar-refractivity contribution >= 4 is 56.6 Å². The van der Waals surface area contributed by atoms with E-state index < -0.39 is 8.80 Å². The van der Waals surface area contributed by atoms with Crippen LogP contribution in [0, 0.1) is 0 Å². The second-order valence-electron chi connectivity index (χ2n) is 2.09. The monoisotopic (exact) mass is 384 g/mol. The molecule has 0 aromatic rings. The molecule has 12 heavy (non-hydrogen) atoms. The van der Waals surface area contributed by atoms with E-state index in [1.165, 1.54) is 0 Å². The molecule has 0 N–H and O–H groups in total. The molecule has 0 radical (unpaired) electrons. The molecule has 0 saturated heterocycles. The van der Waals surface area contributed by atoms with Crippen LogP contribution in [-0.2, 0) is 13.3 Å². The molecule has 0 bridgehead atoms. The molecule has 0 amide bonds. The summed E-state index contributed by atoms with van der Waals surface area (Å²) < 4.78 is 15.3. The zero-order valence-electron chi connectivity index (χ0n) is 7.07. The van der Waals surface area contributed by atoms with Crippen molar-refractivity contribution < 1.29 is 13.3 Å². The number of hydrogen-bond acceptors (Lipinski definition) is 3. The maximum Gasteiger partial charge on any atom is 0.503 e. The van der Waals surface area contributed by atoms with Crippen LogP contribution in [0.3, 0.4) is 0 Å². The van der Waals surface area contributed by atoms with Gasteiger partial charge in [-0.25, -0.2) is 0 Å². The Balaban J connectivity index is 4.30. The van der Waals surface area contributed by atoms with Gasteiger partial charge in [0.05, 0.1) is 6.04 Å². The normalized spacial score (nSPS) is 13.5. The summed E-state index contributed by atoms with van der Waals surface area (Å²) in [7, 11) is 2.25. The quantitative estimate of drug-likeness (QED) is 0.549. The predicted octanol–water partition coefficient (Wildman–Crippen LogP) is 2.70. The van der Waals surface area contributed by atoms with E-state index in [4.69, 9.17) is 13.3 Å². The highest BCUT2D eigenvalue weighted by Crippen LogP contribution is 2.41. The molecule has 0 aromatic heterocycles. The van der Waals surface area contributed by atoms with Crippen LogP contribution >= 0.6 is 47.8 Å². The Hall–Kier alpha value is 1.54. The fourth-order valence-corrected chi connectivity index (χ4v) is 5.23. The van der Waals surface area contributed by atoms with E-state index in [2.05, 4.69) is 47.8 Å². The number of alkyl halides is 3. The van der Waals surface area contributed by atoms with Crippen molar-refractivity contribution in [3.05, 3.63) is 0 Å².